The number of hydrogen-bond donors (Lipinski definition) is 2. The fraction of sp³-hybridized carbons (Fsp3) is 0.182. The molecule has 0 spiro atoms. The van der Waals surface area contributed by atoms with E-state index in [1.807, 2.05) is 18.2 Å². The Labute approximate surface area is 81.8 Å². The lowest BCUT2D eigenvalue weighted by atomic mass is 10.1. The summed E-state index contributed by atoms with van der Waals surface area (Å²) in [6.07, 6.45) is 2.27. The number of aromatic nitrogens is 2. The lowest BCUT2D eigenvalue weighted by Gasteiger charge is -1.91. The first-order valence-corrected chi connectivity index (χ1v) is 4.43. The summed E-state index contributed by atoms with van der Waals surface area (Å²) in [6.45, 7) is 0.106. The van der Waals surface area contributed by atoms with Crippen molar-refractivity contribution >= 4 is 10.9 Å². The average Bonchev–Trinajstić information content (AvgIpc) is 2.67. The molecule has 0 radical (unpaired) electrons. The second-order valence-corrected chi connectivity index (χ2v) is 2.91. The van der Waals surface area contributed by atoms with Crippen molar-refractivity contribution < 1.29 is 5.11 Å². The lowest BCUT2D eigenvalue weighted by molar-refractivity contribution is 0.305. The number of aliphatic hydroxyl groups is 1. The predicted molar refractivity (Wildman–Crippen MR) is 54.7 cm³/mol. The largest absolute Gasteiger partial charge is 0.395 e. The number of fused-ring (bicyclic) bond motifs is 1. The third kappa shape index (κ3) is 1.61. The van der Waals surface area contributed by atoms with E-state index in [4.69, 9.17) is 5.11 Å². The topological polar surface area (TPSA) is 48.9 Å². The maximum absolute atomic E-state index is 8.60. The highest BCUT2D eigenvalue weighted by atomic mass is 16.2. The van der Waals surface area contributed by atoms with Gasteiger partial charge in [0.05, 0.1) is 18.3 Å². The smallest absolute Gasteiger partial charge is 0.0662 e. The van der Waals surface area contributed by atoms with Crippen molar-refractivity contribution in [1.82, 2.24) is 10.2 Å². The monoisotopic (exact) mass is 186 g/mol. The number of aliphatic hydroxyl groups excluding tert-OH is 1. The normalized spacial score (nSPS) is 9.79. The van der Waals surface area contributed by atoms with Gasteiger partial charge in [0, 0.05) is 17.4 Å². The first-order chi connectivity index (χ1) is 6.92. The van der Waals surface area contributed by atoms with E-state index in [1.54, 1.807) is 6.20 Å². The summed E-state index contributed by atoms with van der Waals surface area (Å²) in [7, 11) is 0. The number of nitrogens with one attached hydrogen (secondary N) is 1. The lowest BCUT2D eigenvalue weighted by Crippen LogP contribution is -1.78. The van der Waals surface area contributed by atoms with Gasteiger partial charge in [-0.2, -0.15) is 5.10 Å². The van der Waals surface area contributed by atoms with E-state index in [1.165, 1.54) is 0 Å². The number of benzene rings is 1. The quantitative estimate of drug-likeness (QED) is 0.659. The Morgan fingerprint density at radius 1 is 1.43 bits per heavy atom. The van der Waals surface area contributed by atoms with E-state index in [0.717, 1.165) is 16.5 Å². The molecule has 0 saturated heterocycles. The molecule has 0 atom stereocenters. The van der Waals surface area contributed by atoms with Gasteiger partial charge in [0.1, 0.15) is 0 Å². The molecule has 1 heterocycles. The molecule has 14 heavy (non-hydrogen) atoms. The van der Waals surface area contributed by atoms with Gasteiger partial charge < -0.3 is 5.11 Å². The van der Waals surface area contributed by atoms with E-state index in [9.17, 15) is 0 Å². The summed E-state index contributed by atoms with van der Waals surface area (Å²) < 4.78 is 0. The SMILES string of the molecule is OCCC#Cc1cccc2[nH]ncc12. The van der Waals surface area contributed by atoms with Crippen LogP contribution < -0.4 is 0 Å². The zero-order valence-corrected chi connectivity index (χ0v) is 7.62. The van der Waals surface area contributed by atoms with Gasteiger partial charge in [-0.25, -0.2) is 0 Å². The Bertz CT molecular complexity index is 490. The van der Waals surface area contributed by atoms with Crippen LogP contribution in [0.25, 0.3) is 10.9 Å². The van der Waals surface area contributed by atoms with Crippen LogP contribution in [-0.4, -0.2) is 21.9 Å². The second kappa shape index (κ2) is 3.95. The molecule has 0 bridgehead atoms. The summed E-state index contributed by atoms with van der Waals surface area (Å²) in [5, 5.41) is 16.5. The summed E-state index contributed by atoms with van der Waals surface area (Å²) in [6, 6.07) is 5.84. The Hall–Kier alpha value is -1.79. The van der Waals surface area contributed by atoms with E-state index in [-0.39, 0.29) is 6.61 Å². The minimum atomic E-state index is 0.106. The van der Waals surface area contributed by atoms with Gasteiger partial charge in [-0.15, -0.1) is 0 Å². The Balaban J connectivity index is 2.43. The molecule has 1 aromatic carbocycles. The maximum atomic E-state index is 8.60. The van der Waals surface area contributed by atoms with Crippen LogP contribution in [-0.2, 0) is 0 Å². The van der Waals surface area contributed by atoms with Crippen molar-refractivity contribution in [2.24, 2.45) is 0 Å². The third-order valence-corrected chi connectivity index (χ3v) is 1.94. The van der Waals surface area contributed by atoms with Crippen molar-refractivity contribution in [2.75, 3.05) is 6.61 Å². The minimum absolute atomic E-state index is 0.106. The van der Waals surface area contributed by atoms with E-state index >= 15 is 0 Å². The summed E-state index contributed by atoms with van der Waals surface area (Å²) >= 11 is 0. The van der Waals surface area contributed by atoms with Crippen LogP contribution in [0.5, 0.6) is 0 Å². The van der Waals surface area contributed by atoms with Crippen molar-refractivity contribution in [1.29, 1.82) is 0 Å². The van der Waals surface area contributed by atoms with Crippen molar-refractivity contribution in [3.05, 3.63) is 30.0 Å². The molecule has 0 aliphatic heterocycles. The van der Waals surface area contributed by atoms with Crippen LogP contribution in [0.1, 0.15) is 12.0 Å². The molecule has 3 heteroatoms. The summed E-state index contributed by atoms with van der Waals surface area (Å²) in [5.41, 5.74) is 1.94. The zero-order chi connectivity index (χ0) is 9.80. The molecular weight excluding hydrogens is 176 g/mol. The molecule has 0 aliphatic rings. The molecule has 1 aromatic heterocycles. The molecule has 2 N–H and O–H groups in total. The number of aromatic amines is 1. The number of hydrogen-bond acceptors (Lipinski definition) is 2. The van der Waals surface area contributed by atoms with E-state index < -0.39 is 0 Å². The van der Waals surface area contributed by atoms with Crippen molar-refractivity contribution in [3.8, 4) is 11.8 Å². The van der Waals surface area contributed by atoms with Crippen molar-refractivity contribution in [3.63, 3.8) is 0 Å². The fourth-order valence-electron chi connectivity index (χ4n) is 1.29. The van der Waals surface area contributed by atoms with Gasteiger partial charge in [-0.3, -0.25) is 5.10 Å². The average molecular weight is 186 g/mol. The Morgan fingerprint density at radius 3 is 3.21 bits per heavy atom. The van der Waals surface area contributed by atoms with Gasteiger partial charge in [-0.05, 0) is 12.1 Å². The maximum Gasteiger partial charge on any atom is 0.0662 e. The first-order valence-electron chi connectivity index (χ1n) is 4.43. The van der Waals surface area contributed by atoms with Crippen LogP contribution >= 0.6 is 0 Å². The van der Waals surface area contributed by atoms with E-state index in [0.29, 0.717) is 6.42 Å². The van der Waals surface area contributed by atoms with Gasteiger partial charge in [0.2, 0.25) is 0 Å². The molecule has 0 amide bonds. The highest BCUT2D eigenvalue weighted by Gasteiger charge is 1.98. The van der Waals surface area contributed by atoms with Gasteiger partial charge in [0.15, 0.2) is 0 Å². The first kappa shape index (κ1) is 8.79. The molecule has 3 nitrogen and oxygen atoms in total. The molecule has 0 fully saturated rings. The van der Waals surface area contributed by atoms with Crippen LogP contribution in [0.15, 0.2) is 24.4 Å². The summed E-state index contributed by atoms with van der Waals surface area (Å²) in [5.74, 6) is 5.90. The fourth-order valence-corrected chi connectivity index (χ4v) is 1.29. The second-order valence-electron chi connectivity index (χ2n) is 2.91. The molecule has 0 aliphatic carbocycles. The highest BCUT2D eigenvalue weighted by Crippen LogP contribution is 2.14. The van der Waals surface area contributed by atoms with Gasteiger partial charge >= 0.3 is 0 Å². The van der Waals surface area contributed by atoms with Crippen LogP contribution in [0.4, 0.5) is 0 Å². The molecule has 0 unspecified atom stereocenters. The highest BCUT2D eigenvalue weighted by molar-refractivity contribution is 5.84. The minimum Gasteiger partial charge on any atom is -0.395 e. The van der Waals surface area contributed by atoms with Gasteiger partial charge in [0.25, 0.3) is 0 Å². The van der Waals surface area contributed by atoms with E-state index in [2.05, 4.69) is 22.0 Å². The molecule has 2 rings (SSSR count). The van der Waals surface area contributed by atoms with Gasteiger partial charge in [-0.1, -0.05) is 17.9 Å². The van der Waals surface area contributed by atoms with Crippen LogP contribution in [0, 0.1) is 11.8 Å². The third-order valence-electron chi connectivity index (χ3n) is 1.94. The van der Waals surface area contributed by atoms with Crippen molar-refractivity contribution in [2.45, 2.75) is 6.42 Å². The van der Waals surface area contributed by atoms with Crippen LogP contribution in [0.3, 0.4) is 0 Å². The van der Waals surface area contributed by atoms with Crippen LogP contribution in [0.2, 0.25) is 0 Å². The molecule has 70 valence electrons. The molecule has 0 saturated carbocycles. The number of nitrogens with zero attached hydrogens (tertiary/aromatic N) is 1. The Morgan fingerprint density at radius 2 is 2.36 bits per heavy atom. The molecular formula is C11H10N2O. The number of rotatable bonds is 1. The molecule has 2 aromatic rings. The number of H-pyrrole nitrogens is 1. The standard InChI is InChI=1S/C11H10N2O/c14-7-2-1-4-9-5-3-6-11-10(9)8-12-13-11/h3,5-6,8,14H,2,7H2,(H,12,13). The predicted octanol–water partition coefficient (Wildman–Crippen LogP) is 1.30. The Kier molecular flexibility index (Phi) is 2.48. The zero-order valence-electron chi connectivity index (χ0n) is 7.62. The summed E-state index contributed by atoms with van der Waals surface area (Å²) in [4.78, 5) is 0.